The van der Waals surface area contributed by atoms with E-state index >= 15 is 0 Å². The van der Waals surface area contributed by atoms with Gasteiger partial charge in [-0.1, -0.05) is 0 Å². The molecule has 0 bridgehead atoms. The summed E-state index contributed by atoms with van der Waals surface area (Å²) in [6.45, 7) is 5.61. The van der Waals surface area contributed by atoms with E-state index in [0.29, 0.717) is 0 Å². The molecule has 0 saturated carbocycles. The summed E-state index contributed by atoms with van der Waals surface area (Å²) in [7, 11) is 1.71. The zero-order chi connectivity index (χ0) is 13.9. The Bertz CT molecular complexity index is 605. The first-order valence-corrected chi connectivity index (χ1v) is 7.06. The second kappa shape index (κ2) is 5.67. The van der Waals surface area contributed by atoms with Crippen molar-refractivity contribution in [3.8, 4) is 5.75 Å². The summed E-state index contributed by atoms with van der Waals surface area (Å²) in [5, 5.41) is 1.07. The number of ether oxygens (including phenoxy) is 2. The smallest absolute Gasteiger partial charge is 0.130 e. The molecule has 1 aliphatic rings. The standard InChI is InChI=1S/C16H20N2O2/c1-12-10-16(19-2)14-11-13(4-5-15(14)17-12)18-6-3-8-20-9-7-18/h4-5,10-11H,3,6-9H2,1-2H3. The molecule has 2 heterocycles. The first kappa shape index (κ1) is 13.2. The normalized spacial score (nSPS) is 16.2. The van der Waals surface area contributed by atoms with Crippen molar-refractivity contribution in [2.75, 3.05) is 38.3 Å². The molecular weight excluding hydrogens is 252 g/mol. The Morgan fingerprint density at radius 2 is 2.10 bits per heavy atom. The van der Waals surface area contributed by atoms with Gasteiger partial charge in [0.1, 0.15) is 5.75 Å². The number of aromatic nitrogens is 1. The molecule has 4 heteroatoms. The van der Waals surface area contributed by atoms with Gasteiger partial charge in [-0.05, 0) is 31.5 Å². The van der Waals surface area contributed by atoms with Crippen LogP contribution in [0.5, 0.6) is 5.75 Å². The maximum atomic E-state index is 5.52. The Morgan fingerprint density at radius 1 is 1.20 bits per heavy atom. The van der Waals surface area contributed by atoms with E-state index in [1.54, 1.807) is 7.11 Å². The van der Waals surface area contributed by atoms with E-state index in [-0.39, 0.29) is 0 Å². The Morgan fingerprint density at radius 3 is 2.95 bits per heavy atom. The molecule has 20 heavy (non-hydrogen) atoms. The van der Waals surface area contributed by atoms with E-state index in [2.05, 4.69) is 28.1 Å². The molecule has 0 aliphatic carbocycles. The molecule has 0 atom stereocenters. The first-order valence-electron chi connectivity index (χ1n) is 7.06. The topological polar surface area (TPSA) is 34.6 Å². The van der Waals surface area contributed by atoms with Crippen molar-refractivity contribution in [2.45, 2.75) is 13.3 Å². The van der Waals surface area contributed by atoms with Crippen LogP contribution < -0.4 is 9.64 Å². The Hall–Kier alpha value is -1.81. The van der Waals surface area contributed by atoms with Crippen LogP contribution in [-0.2, 0) is 4.74 Å². The van der Waals surface area contributed by atoms with Gasteiger partial charge in [0, 0.05) is 42.5 Å². The van der Waals surface area contributed by atoms with Crippen molar-refractivity contribution >= 4 is 16.6 Å². The van der Waals surface area contributed by atoms with Crippen LogP contribution in [0, 0.1) is 6.92 Å². The third-order valence-electron chi connectivity index (χ3n) is 3.69. The van der Waals surface area contributed by atoms with Crippen molar-refractivity contribution in [3.05, 3.63) is 30.0 Å². The number of rotatable bonds is 2. The summed E-state index contributed by atoms with van der Waals surface area (Å²) in [4.78, 5) is 6.93. The van der Waals surface area contributed by atoms with E-state index in [4.69, 9.17) is 9.47 Å². The minimum Gasteiger partial charge on any atom is -0.496 e. The molecule has 0 unspecified atom stereocenters. The van der Waals surface area contributed by atoms with Gasteiger partial charge in [0.2, 0.25) is 0 Å². The van der Waals surface area contributed by atoms with Crippen LogP contribution in [0.15, 0.2) is 24.3 Å². The zero-order valence-corrected chi connectivity index (χ0v) is 12.1. The van der Waals surface area contributed by atoms with Crippen LogP contribution in [0.25, 0.3) is 10.9 Å². The Balaban J connectivity index is 2.02. The van der Waals surface area contributed by atoms with E-state index in [1.165, 1.54) is 5.69 Å². The Labute approximate surface area is 119 Å². The predicted octanol–water partition coefficient (Wildman–Crippen LogP) is 2.78. The molecule has 0 radical (unpaired) electrons. The van der Waals surface area contributed by atoms with Gasteiger partial charge in [-0.15, -0.1) is 0 Å². The molecular formula is C16H20N2O2. The van der Waals surface area contributed by atoms with Gasteiger partial charge in [-0.3, -0.25) is 4.98 Å². The van der Waals surface area contributed by atoms with Crippen molar-refractivity contribution in [3.63, 3.8) is 0 Å². The quantitative estimate of drug-likeness (QED) is 0.842. The van der Waals surface area contributed by atoms with E-state index in [9.17, 15) is 0 Å². The Kier molecular flexibility index (Phi) is 3.74. The summed E-state index contributed by atoms with van der Waals surface area (Å²) >= 11 is 0. The molecule has 1 saturated heterocycles. The lowest BCUT2D eigenvalue weighted by Gasteiger charge is -2.22. The first-order chi connectivity index (χ1) is 9.78. The number of aryl methyl sites for hydroxylation is 1. The second-order valence-corrected chi connectivity index (χ2v) is 5.12. The second-order valence-electron chi connectivity index (χ2n) is 5.12. The molecule has 0 spiro atoms. The molecule has 1 aromatic carbocycles. The third-order valence-corrected chi connectivity index (χ3v) is 3.69. The lowest BCUT2D eigenvalue weighted by atomic mass is 10.1. The summed E-state index contributed by atoms with van der Waals surface area (Å²) in [5.74, 6) is 0.889. The van der Waals surface area contributed by atoms with Crippen LogP contribution >= 0.6 is 0 Å². The fourth-order valence-electron chi connectivity index (χ4n) is 2.68. The summed E-state index contributed by atoms with van der Waals surface area (Å²) in [5.41, 5.74) is 3.17. The molecule has 0 amide bonds. The largest absolute Gasteiger partial charge is 0.496 e. The SMILES string of the molecule is COc1cc(C)nc2ccc(N3CCCOCC3)cc12. The van der Waals surface area contributed by atoms with Crippen LogP contribution in [-0.4, -0.2) is 38.4 Å². The number of hydrogen-bond acceptors (Lipinski definition) is 4. The minimum atomic E-state index is 0.793. The maximum Gasteiger partial charge on any atom is 0.130 e. The fraction of sp³-hybridized carbons (Fsp3) is 0.438. The van der Waals surface area contributed by atoms with Crippen LogP contribution in [0.1, 0.15) is 12.1 Å². The van der Waals surface area contributed by atoms with Gasteiger partial charge < -0.3 is 14.4 Å². The number of fused-ring (bicyclic) bond motifs is 1. The van der Waals surface area contributed by atoms with Crippen LogP contribution in [0.4, 0.5) is 5.69 Å². The summed E-state index contributed by atoms with van der Waals surface area (Å²) in [6, 6.07) is 8.37. The van der Waals surface area contributed by atoms with Gasteiger partial charge in [0.05, 0.1) is 19.2 Å². The van der Waals surface area contributed by atoms with E-state index < -0.39 is 0 Å². The fourth-order valence-corrected chi connectivity index (χ4v) is 2.68. The number of benzene rings is 1. The monoisotopic (exact) mass is 272 g/mol. The highest BCUT2D eigenvalue weighted by molar-refractivity contribution is 5.88. The zero-order valence-electron chi connectivity index (χ0n) is 12.1. The van der Waals surface area contributed by atoms with Gasteiger partial charge in [-0.25, -0.2) is 0 Å². The van der Waals surface area contributed by atoms with Crippen molar-refractivity contribution in [2.24, 2.45) is 0 Å². The average Bonchev–Trinajstić information content (AvgIpc) is 2.75. The van der Waals surface area contributed by atoms with Crippen LogP contribution in [0.2, 0.25) is 0 Å². The molecule has 1 aliphatic heterocycles. The average molecular weight is 272 g/mol. The summed E-state index contributed by atoms with van der Waals surface area (Å²) in [6.07, 6.45) is 1.07. The van der Waals surface area contributed by atoms with E-state index in [0.717, 1.165) is 55.1 Å². The number of hydrogen-bond donors (Lipinski definition) is 0. The third kappa shape index (κ3) is 2.56. The number of methoxy groups -OCH3 is 1. The molecule has 1 aromatic heterocycles. The van der Waals surface area contributed by atoms with Crippen LogP contribution in [0.3, 0.4) is 0 Å². The highest BCUT2D eigenvalue weighted by Crippen LogP contribution is 2.29. The lowest BCUT2D eigenvalue weighted by Crippen LogP contribution is -2.25. The number of nitrogens with zero attached hydrogens (tertiary/aromatic N) is 2. The van der Waals surface area contributed by atoms with Crippen molar-refractivity contribution in [1.29, 1.82) is 0 Å². The minimum absolute atomic E-state index is 0.793. The summed E-state index contributed by atoms with van der Waals surface area (Å²) < 4.78 is 11.0. The molecule has 4 nitrogen and oxygen atoms in total. The number of anilines is 1. The molecule has 1 fully saturated rings. The van der Waals surface area contributed by atoms with Gasteiger partial charge in [-0.2, -0.15) is 0 Å². The van der Waals surface area contributed by atoms with Crippen molar-refractivity contribution in [1.82, 2.24) is 4.98 Å². The molecule has 2 aromatic rings. The predicted molar refractivity (Wildman–Crippen MR) is 80.7 cm³/mol. The highest BCUT2D eigenvalue weighted by Gasteiger charge is 2.12. The molecule has 106 valence electrons. The highest BCUT2D eigenvalue weighted by atomic mass is 16.5. The maximum absolute atomic E-state index is 5.52. The number of pyridine rings is 1. The van der Waals surface area contributed by atoms with Crippen molar-refractivity contribution < 1.29 is 9.47 Å². The van der Waals surface area contributed by atoms with E-state index in [1.807, 2.05) is 13.0 Å². The lowest BCUT2D eigenvalue weighted by molar-refractivity contribution is 0.152. The van der Waals surface area contributed by atoms with Gasteiger partial charge >= 0.3 is 0 Å². The van der Waals surface area contributed by atoms with Gasteiger partial charge in [0.25, 0.3) is 0 Å². The molecule has 3 rings (SSSR count). The molecule has 0 N–H and O–H groups in total. The van der Waals surface area contributed by atoms with Gasteiger partial charge in [0.15, 0.2) is 0 Å².